The van der Waals surface area contributed by atoms with Crippen LogP contribution in [0.25, 0.3) is 0 Å². The van der Waals surface area contributed by atoms with Gasteiger partial charge in [0.15, 0.2) is 0 Å². The Hall–Kier alpha value is -1.68. The van der Waals surface area contributed by atoms with E-state index in [1.807, 2.05) is 23.8 Å². The van der Waals surface area contributed by atoms with Crippen LogP contribution in [-0.4, -0.2) is 11.2 Å². The Bertz CT molecular complexity index is 465. The fraction of sp³-hybridized carbons (Fsp3) is 0.143. The van der Waals surface area contributed by atoms with Gasteiger partial charge in [-0.2, -0.15) is 0 Å². The van der Waals surface area contributed by atoms with Crippen molar-refractivity contribution < 1.29 is 43.8 Å². The van der Waals surface area contributed by atoms with E-state index in [2.05, 4.69) is 60.9 Å². The number of hydrogen-bond donors (Lipinski definition) is 0. The third-order valence-corrected chi connectivity index (χ3v) is 2.13. The minimum absolute atomic E-state index is 0.653. The molecule has 1 aromatic heterocycles. The van der Waals surface area contributed by atoms with Gasteiger partial charge in [0, 0.05) is 0 Å². The van der Waals surface area contributed by atoms with E-state index in [1.54, 1.807) is 11.3 Å². The van der Waals surface area contributed by atoms with Gasteiger partial charge < -0.3 is 0 Å². The molecule has 1 heterocycles. The topological polar surface area (TPSA) is 109 Å². The zero-order chi connectivity index (χ0) is 18.8. The second-order valence-corrected chi connectivity index (χ2v) is 3.34. The molecule has 22 heavy (non-hydrogen) atoms. The first-order valence-electron chi connectivity index (χ1n) is 4.56. The Morgan fingerprint density at radius 1 is 1.09 bits per heavy atom. The van der Waals surface area contributed by atoms with Gasteiger partial charge in [0.1, 0.15) is 0 Å². The molecule has 0 aliphatic rings. The van der Waals surface area contributed by atoms with Gasteiger partial charge in [-0.25, -0.2) is 0 Å². The molecule has 0 atom stereocenters. The summed E-state index contributed by atoms with van der Waals surface area (Å²) in [5, 5.41) is 4.01. The molecule has 0 spiro atoms. The molecule has 112 valence electrons. The van der Waals surface area contributed by atoms with E-state index >= 15 is 0 Å². The molecule has 8 heteroatoms. The van der Waals surface area contributed by atoms with Crippen LogP contribution in [-0.2, 0) is 43.8 Å². The fourth-order valence-electron chi connectivity index (χ4n) is 0.626. The van der Waals surface area contributed by atoms with E-state index < -0.39 is 0 Å². The van der Waals surface area contributed by atoms with Crippen LogP contribution in [0.3, 0.4) is 0 Å². The van der Waals surface area contributed by atoms with E-state index in [9.17, 15) is 0 Å². The zero-order valence-corrected chi connectivity index (χ0v) is 13.3. The van der Waals surface area contributed by atoms with Crippen LogP contribution >= 0.6 is 11.3 Å². The van der Waals surface area contributed by atoms with Crippen molar-refractivity contribution >= 4 is 15.9 Å². The normalized spacial score (nSPS) is 5.23. The first kappa shape index (κ1) is 32.3. The number of hydrogen-bond acceptors (Lipinski definition) is 2. The Balaban J connectivity index is -0.0000000822. The molecule has 0 N–H and O–H groups in total. The summed E-state index contributed by atoms with van der Waals surface area (Å²) in [5.74, 6) is 5.86. The van der Waals surface area contributed by atoms with Crippen molar-refractivity contribution in [2.24, 2.45) is 0 Å². The van der Waals surface area contributed by atoms with Gasteiger partial charge in [-0.1, -0.05) is 0 Å². The molecule has 0 unspecified atom stereocenters. The van der Waals surface area contributed by atoms with Crippen LogP contribution in [0.4, 0.5) is 0 Å². The summed E-state index contributed by atoms with van der Waals surface area (Å²) >= 11 is 4.41. The van der Waals surface area contributed by atoms with Crippen molar-refractivity contribution in [3.05, 3.63) is 55.6 Å². The fourth-order valence-corrected chi connectivity index (χ4v) is 1.48. The molecule has 0 amide bonds. The van der Waals surface area contributed by atoms with Crippen LogP contribution in [0.2, 0.25) is 0 Å². The van der Waals surface area contributed by atoms with E-state index in [-0.39, 0.29) is 0 Å². The van der Waals surface area contributed by atoms with Gasteiger partial charge >= 0.3 is 141 Å². The average Bonchev–Trinajstić information content (AvgIpc) is 3.16. The molecule has 0 aliphatic heterocycles. The van der Waals surface area contributed by atoms with Gasteiger partial charge in [0.25, 0.3) is 0 Å². The molecule has 0 saturated heterocycles. The molecule has 0 saturated carbocycles. The van der Waals surface area contributed by atoms with Crippen molar-refractivity contribution in [3.8, 4) is 11.8 Å². The predicted molar refractivity (Wildman–Crippen MR) is 67.5 cm³/mol. The van der Waals surface area contributed by atoms with Crippen LogP contribution in [0, 0.1) is 45.1 Å². The maximum atomic E-state index is 7.50. The summed E-state index contributed by atoms with van der Waals surface area (Å²) in [5.41, 5.74) is 1.03. The number of thiophene rings is 1. The van der Waals surface area contributed by atoms with Gasteiger partial charge in [0.2, 0.25) is 0 Å². The Morgan fingerprint density at radius 3 is 1.86 bits per heavy atom. The summed E-state index contributed by atoms with van der Waals surface area (Å²) in [4.78, 5) is 0. The quantitative estimate of drug-likeness (QED) is 0.448. The first-order chi connectivity index (χ1) is 10.8. The van der Waals surface area contributed by atoms with Gasteiger partial charge in [-0.15, -0.1) is 0 Å². The summed E-state index contributed by atoms with van der Waals surface area (Å²) in [6.45, 7) is 25.1. The number of ether oxygens (including phenoxy) is 1. The first-order valence-corrected chi connectivity index (χ1v) is 6.14. The van der Waals surface area contributed by atoms with E-state index in [0.29, 0.717) is 11.2 Å². The van der Waals surface area contributed by atoms with Crippen molar-refractivity contribution in [1.29, 1.82) is 0 Å². The SMILES string of the molecule is CCO[C](=[Cr])C#Cc1ccsc1.[C-]#[O+].[C-]#[O+].[C-]#[O+].[C-]#[O+].[C-]#[O+]. The molecular weight excluding hydrogens is 348 g/mol. The van der Waals surface area contributed by atoms with Gasteiger partial charge in [-0.05, 0) is 0 Å². The third-order valence-electron chi connectivity index (χ3n) is 1.11. The summed E-state index contributed by atoms with van der Waals surface area (Å²) in [6, 6.07) is 1.98. The molecule has 1 aromatic rings. The van der Waals surface area contributed by atoms with Crippen LogP contribution in [0.5, 0.6) is 0 Å². The zero-order valence-electron chi connectivity index (χ0n) is 11.2. The van der Waals surface area contributed by atoms with Gasteiger partial charge in [0.05, 0.1) is 0 Å². The monoisotopic (exact) mass is 356 g/mol. The van der Waals surface area contributed by atoms with E-state index in [4.69, 9.17) is 28.0 Å². The number of rotatable bonds is 2. The summed E-state index contributed by atoms with van der Waals surface area (Å²) < 4.78 is 43.3. The predicted octanol–water partition coefficient (Wildman–Crippen LogP) is 1.63. The van der Waals surface area contributed by atoms with Crippen LogP contribution in [0.15, 0.2) is 16.8 Å². The third kappa shape index (κ3) is 31.0. The second-order valence-electron chi connectivity index (χ2n) is 1.98. The van der Waals surface area contributed by atoms with Crippen molar-refractivity contribution in [2.75, 3.05) is 6.61 Å². The van der Waals surface area contributed by atoms with Crippen molar-refractivity contribution in [2.45, 2.75) is 6.92 Å². The minimum atomic E-state index is 0.653. The average molecular weight is 356 g/mol. The molecule has 0 aliphatic carbocycles. The molecule has 1 rings (SSSR count). The van der Waals surface area contributed by atoms with E-state index in [1.165, 1.54) is 0 Å². The second kappa shape index (κ2) is 42.7. The van der Waals surface area contributed by atoms with Crippen molar-refractivity contribution in [1.82, 2.24) is 0 Å². The van der Waals surface area contributed by atoms with E-state index in [0.717, 1.165) is 5.56 Å². The molecular formula is C14H8CrO6S. The molecule has 6 nitrogen and oxygen atoms in total. The van der Waals surface area contributed by atoms with Crippen LogP contribution < -0.4 is 0 Å². The standard InChI is InChI=1S/C9H8OS.5CO.Cr/c1-2-10-6-3-4-9-5-7-11-8-9;5*1-2;/h5,7-8H,2H2,1H3;;;;;;. The Kier molecular flexibility index (Phi) is 62.8. The van der Waals surface area contributed by atoms with Crippen molar-refractivity contribution in [3.63, 3.8) is 0 Å². The Labute approximate surface area is 141 Å². The molecule has 0 aromatic carbocycles. The van der Waals surface area contributed by atoms with Crippen LogP contribution in [0.1, 0.15) is 12.5 Å². The molecule has 0 fully saturated rings. The van der Waals surface area contributed by atoms with Gasteiger partial charge in [-0.3, -0.25) is 0 Å². The molecule has 0 bridgehead atoms. The summed E-state index contributed by atoms with van der Waals surface area (Å²) in [6.07, 6.45) is 0. The Morgan fingerprint density at radius 2 is 1.55 bits per heavy atom. The molecule has 0 radical (unpaired) electrons. The maximum absolute atomic E-state index is 7.50. The summed E-state index contributed by atoms with van der Waals surface area (Å²) in [7, 11) is 0.